The van der Waals surface area contributed by atoms with Gasteiger partial charge in [-0.15, -0.1) is 0 Å². The van der Waals surface area contributed by atoms with Gasteiger partial charge >= 0.3 is 17.8 Å². The zero-order chi connectivity index (χ0) is 16.2. The van der Waals surface area contributed by atoms with Crippen LogP contribution in [0.1, 0.15) is 32.0 Å². The molecule has 0 aromatic carbocycles. The van der Waals surface area contributed by atoms with E-state index in [9.17, 15) is 14.4 Å². The first-order valence-corrected chi connectivity index (χ1v) is 6.30. The average molecular weight is 294 g/mol. The van der Waals surface area contributed by atoms with E-state index >= 15 is 0 Å². The molecule has 1 amide bonds. The standard InChI is InChI=1S/C14H18N2O5/c1-8-5-9(16-12(18)13(19)20)7-15-10(8)6-11(17)21-14(2,3)4/h5,7H,6H2,1-4H3,(H,16,18)(H,19,20). The number of carbonyl (C=O) groups is 3. The van der Waals surface area contributed by atoms with E-state index in [1.165, 1.54) is 6.20 Å². The molecule has 7 heteroatoms. The average Bonchev–Trinajstić information content (AvgIpc) is 2.30. The predicted octanol–water partition coefficient (Wildman–Crippen LogP) is 1.30. The van der Waals surface area contributed by atoms with Crippen molar-refractivity contribution in [2.24, 2.45) is 0 Å². The van der Waals surface area contributed by atoms with Gasteiger partial charge in [-0.1, -0.05) is 0 Å². The van der Waals surface area contributed by atoms with Crippen LogP contribution in [-0.2, 0) is 25.5 Å². The molecule has 2 N–H and O–H groups in total. The number of aryl methyl sites for hydroxylation is 1. The lowest BCUT2D eigenvalue weighted by Crippen LogP contribution is -2.25. The van der Waals surface area contributed by atoms with E-state index in [1.807, 2.05) is 0 Å². The van der Waals surface area contributed by atoms with Crippen LogP contribution in [-0.4, -0.2) is 33.5 Å². The first-order chi connectivity index (χ1) is 9.58. The molecule has 0 aliphatic rings. The van der Waals surface area contributed by atoms with Gasteiger partial charge in [-0.05, 0) is 39.3 Å². The molecule has 0 bridgehead atoms. The van der Waals surface area contributed by atoms with E-state index < -0.39 is 23.4 Å². The number of aliphatic carboxylic acids is 1. The number of carboxylic acid groups (broad SMARTS) is 1. The monoisotopic (exact) mass is 294 g/mol. The highest BCUT2D eigenvalue weighted by Gasteiger charge is 2.18. The molecule has 1 rings (SSSR count). The molecule has 0 saturated carbocycles. The van der Waals surface area contributed by atoms with Crippen molar-refractivity contribution in [3.63, 3.8) is 0 Å². The first-order valence-electron chi connectivity index (χ1n) is 6.30. The minimum Gasteiger partial charge on any atom is -0.474 e. The van der Waals surface area contributed by atoms with Crippen LogP contribution in [0.15, 0.2) is 12.3 Å². The summed E-state index contributed by atoms with van der Waals surface area (Å²) in [6, 6.07) is 1.55. The number of nitrogens with zero attached hydrogens (tertiary/aromatic N) is 1. The highest BCUT2D eigenvalue weighted by Crippen LogP contribution is 2.15. The molecule has 0 aliphatic carbocycles. The van der Waals surface area contributed by atoms with Gasteiger partial charge in [-0.3, -0.25) is 14.6 Å². The summed E-state index contributed by atoms with van der Waals surface area (Å²) in [5, 5.41) is 10.7. The van der Waals surface area contributed by atoms with Gasteiger partial charge in [0.2, 0.25) is 0 Å². The maximum atomic E-state index is 11.7. The van der Waals surface area contributed by atoms with Crippen molar-refractivity contribution >= 4 is 23.5 Å². The van der Waals surface area contributed by atoms with Crippen LogP contribution < -0.4 is 5.32 Å². The summed E-state index contributed by atoms with van der Waals surface area (Å²) >= 11 is 0. The number of aromatic nitrogens is 1. The van der Waals surface area contributed by atoms with Gasteiger partial charge in [-0.2, -0.15) is 0 Å². The molecule has 0 fully saturated rings. The minimum atomic E-state index is -1.58. The largest absolute Gasteiger partial charge is 0.474 e. The van der Waals surface area contributed by atoms with Gasteiger partial charge in [0.1, 0.15) is 5.60 Å². The topological polar surface area (TPSA) is 106 Å². The third-order valence-electron chi connectivity index (χ3n) is 2.37. The molecule has 0 aliphatic heterocycles. The van der Waals surface area contributed by atoms with Crippen molar-refractivity contribution in [2.75, 3.05) is 5.32 Å². The number of ether oxygens (including phenoxy) is 1. The third-order valence-corrected chi connectivity index (χ3v) is 2.37. The Labute approximate surface area is 122 Å². The first kappa shape index (κ1) is 16.6. The lowest BCUT2D eigenvalue weighted by Gasteiger charge is -2.19. The van der Waals surface area contributed by atoms with Crippen molar-refractivity contribution in [3.8, 4) is 0 Å². The number of hydrogen-bond donors (Lipinski definition) is 2. The van der Waals surface area contributed by atoms with E-state index in [-0.39, 0.29) is 12.1 Å². The van der Waals surface area contributed by atoms with E-state index in [4.69, 9.17) is 9.84 Å². The summed E-state index contributed by atoms with van der Waals surface area (Å²) in [4.78, 5) is 37.2. The third kappa shape index (κ3) is 5.60. The number of carboxylic acids is 1. The van der Waals surface area contributed by atoms with Gasteiger partial charge in [0.05, 0.1) is 24.0 Å². The maximum Gasteiger partial charge on any atom is 0.394 e. The fourth-order valence-corrected chi connectivity index (χ4v) is 1.56. The number of carbonyl (C=O) groups excluding carboxylic acids is 2. The summed E-state index contributed by atoms with van der Waals surface area (Å²) in [6.45, 7) is 7.03. The van der Waals surface area contributed by atoms with Gasteiger partial charge < -0.3 is 15.2 Å². The molecule has 114 valence electrons. The molecule has 0 atom stereocenters. The molecule has 0 spiro atoms. The Hall–Kier alpha value is -2.44. The quantitative estimate of drug-likeness (QED) is 0.643. The summed E-state index contributed by atoms with van der Waals surface area (Å²) in [5.41, 5.74) is 0.856. The second kappa shape index (κ2) is 6.34. The van der Waals surface area contributed by atoms with E-state index in [2.05, 4.69) is 10.3 Å². The normalized spacial score (nSPS) is 10.9. The van der Waals surface area contributed by atoms with Crippen LogP contribution in [0.2, 0.25) is 0 Å². The SMILES string of the molecule is Cc1cc(NC(=O)C(=O)O)cnc1CC(=O)OC(C)(C)C. The predicted molar refractivity (Wildman–Crippen MR) is 74.8 cm³/mol. The van der Waals surface area contributed by atoms with Crippen molar-refractivity contribution in [2.45, 2.75) is 39.7 Å². The molecule has 0 unspecified atom stereocenters. The second-order valence-electron chi connectivity index (χ2n) is 5.51. The van der Waals surface area contributed by atoms with Gasteiger partial charge in [0, 0.05) is 0 Å². The Kier molecular flexibility index (Phi) is 5.02. The number of esters is 1. The van der Waals surface area contributed by atoms with Crippen molar-refractivity contribution in [1.29, 1.82) is 0 Å². The summed E-state index contributed by atoms with van der Waals surface area (Å²) < 4.78 is 5.20. The summed E-state index contributed by atoms with van der Waals surface area (Å²) in [5.74, 6) is -3.12. The van der Waals surface area contributed by atoms with E-state index in [1.54, 1.807) is 33.8 Å². The minimum absolute atomic E-state index is 0.0102. The number of pyridine rings is 1. The molecule has 1 aromatic heterocycles. The second-order valence-corrected chi connectivity index (χ2v) is 5.51. The molecular weight excluding hydrogens is 276 g/mol. The fraction of sp³-hybridized carbons (Fsp3) is 0.429. The number of rotatable bonds is 3. The smallest absolute Gasteiger partial charge is 0.394 e. The zero-order valence-corrected chi connectivity index (χ0v) is 12.4. The van der Waals surface area contributed by atoms with Crippen LogP contribution in [0.4, 0.5) is 5.69 Å². The van der Waals surface area contributed by atoms with E-state index in [0.717, 1.165) is 0 Å². The maximum absolute atomic E-state index is 11.7. The number of anilines is 1. The van der Waals surface area contributed by atoms with Crippen LogP contribution in [0.3, 0.4) is 0 Å². The Morgan fingerprint density at radius 3 is 2.43 bits per heavy atom. The highest BCUT2D eigenvalue weighted by atomic mass is 16.6. The van der Waals surface area contributed by atoms with Crippen LogP contribution >= 0.6 is 0 Å². The highest BCUT2D eigenvalue weighted by molar-refractivity contribution is 6.36. The van der Waals surface area contributed by atoms with E-state index in [0.29, 0.717) is 11.3 Å². The van der Waals surface area contributed by atoms with Crippen LogP contribution in [0.25, 0.3) is 0 Å². The number of nitrogens with one attached hydrogen (secondary N) is 1. The molecule has 21 heavy (non-hydrogen) atoms. The van der Waals surface area contributed by atoms with Crippen molar-refractivity contribution < 1.29 is 24.2 Å². The fourth-order valence-electron chi connectivity index (χ4n) is 1.56. The lowest BCUT2D eigenvalue weighted by molar-refractivity contribution is -0.154. The number of hydrogen-bond acceptors (Lipinski definition) is 5. The Balaban J connectivity index is 2.77. The Bertz CT molecular complexity index is 575. The molecular formula is C14H18N2O5. The van der Waals surface area contributed by atoms with Crippen LogP contribution in [0.5, 0.6) is 0 Å². The lowest BCUT2D eigenvalue weighted by atomic mass is 10.1. The zero-order valence-electron chi connectivity index (χ0n) is 12.4. The molecule has 1 aromatic rings. The molecule has 0 saturated heterocycles. The van der Waals surface area contributed by atoms with Gasteiger partial charge in [0.15, 0.2) is 0 Å². The molecule has 1 heterocycles. The van der Waals surface area contributed by atoms with Crippen LogP contribution in [0, 0.1) is 6.92 Å². The molecule has 0 radical (unpaired) electrons. The summed E-state index contributed by atoms with van der Waals surface area (Å²) in [6.07, 6.45) is 1.31. The van der Waals surface area contributed by atoms with Gasteiger partial charge in [0.25, 0.3) is 0 Å². The number of amides is 1. The Morgan fingerprint density at radius 1 is 1.33 bits per heavy atom. The summed E-state index contributed by atoms with van der Waals surface area (Å²) in [7, 11) is 0. The molecule has 7 nitrogen and oxygen atoms in total. The van der Waals surface area contributed by atoms with Gasteiger partial charge in [-0.25, -0.2) is 4.79 Å². The van der Waals surface area contributed by atoms with Crippen molar-refractivity contribution in [1.82, 2.24) is 4.98 Å². The van der Waals surface area contributed by atoms with Crippen molar-refractivity contribution in [3.05, 3.63) is 23.5 Å². The Morgan fingerprint density at radius 2 is 1.95 bits per heavy atom.